The number of pyridine rings is 1. The predicted molar refractivity (Wildman–Crippen MR) is 118 cm³/mol. The van der Waals surface area contributed by atoms with Crippen LogP contribution in [-0.2, 0) is 20.8 Å². The van der Waals surface area contributed by atoms with Crippen molar-refractivity contribution in [3.05, 3.63) is 34.2 Å². The molecule has 6 heteroatoms. The number of hydrogen-bond acceptors (Lipinski definition) is 5. The van der Waals surface area contributed by atoms with Gasteiger partial charge in [0.15, 0.2) is 0 Å². The highest BCUT2D eigenvalue weighted by Crippen LogP contribution is 2.62. The van der Waals surface area contributed by atoms with Crippen molar-refractivity contribution in [1.82, 2.24) is 9.47 Å². The van der Waals surface area contributed by atoms with E-state index in [-0.39, 0.29) is 34.6 Å². The zero-order chi connectivity index (χ0) is 21.7. The third-order valence-corrected chi connectivity index (χ3v) is 10.1. The SMILES string of the molecule is C[C@]12CCCC3(CO3)C1C[C@@H]1C(CN3C[C@@H]4C[C@@H](C3)c3cccc(=O)n3C4)C(=O)O[C@@H]1C2. The van der Waals surface area contributed by atoms with Crippen LogP contribution < -0.4 is 5.56 Å². The van der Waals surface area contributed by atoms with Crippen molar-refractivity contribution in [1.29, 1.82) is 0 Å². The molecule has 0 N–H and O–H groups in total. The molecule has 3 saturated heterocycles. The lowest BCUT2D eigenvalue weighted by Gasteiger charge is -2.52. The topological polar surface area (TPSA) is 64.1 Å². The van der Waals surface area contributed by atoms with Gasteiger partial charge in [-0.1, -0.05) is 13.0 Å². The minimum atomic E-state index is -0.0148. The van der Waals surface area contributed by atoms with E-state index in [4.69, 9.17) is 9.47 Å². The molecule has 6 nitrogen and oxygen atoms in total. The molecule has 5 fully saturated rings. The average molecular weight is 439 g/mol. The maximum atomic E-state index is 13.1. The molecular weight excluding hydrogens is 404 g/mol. The summed E-state index contributed by atoms with van der Waals surface area (Å²) in [7, 11) is 0. The van der Waals surface area contributed by atoms with E-state index in [2.05, 4.69) is 17.9 Å². The second kappa shape index (κ2) is 6.69. The molecule has 32 heavy (non-hydrogen) atoms. The van der Waals surface area contributed by atoms with Crippen molar-refractivity contribution < 1.29 is 14.3 Å². The molecular formula is C26H34N2O4. The summed E-state index contributed by atoms with van der Waals surface area (Å²) < 4.78 is 14.1. The molecule has 0 radical (unpaired) electrons. The van der Waals surface area contributed by atoms with E-state index in [9.17, 15) is 9.59 Å². The number of hydrogen-bond donors (Lipinski definition) is 0. The summed E-state index contributed by atoms with van der Waals surface area (Å²) in [5, 5.41) is 0. The highest BCUT2D eigenvalue weighted by molar-refractivity contribution is 5.75. The van der Waals surface area contributed by atoms with Gasteiger partial charge in [0.05, 0.1) is 18.1 Å². The van der Waals surface area contributed by atoms with Crippen LogP contribution in [0.4, 0.5) is 0 Å². The number of nitrogens with zero attached hydrogens (tertiary/aromatic N) is 2. The van der Waals surface area contributed by atoms with Gasteiger partial charge in [0.1, 0.15) is 6.10 Å². The minimum Gasteiger partial charge on any atom is -0.462 e. The van der Waals surface area contributed by atoms with Gasteiger partial charge in [-0.05, 0) is 61.8 Å². The predicted octanol–water partition coefficient (Wildman–Crippen LogP) is 2.79. The Morgan fingerprint density at radius 1 is 1.12 bits per heavy atom. The van der Waals surface area contributed by atoms with Crippen LogP contribution in [0.3, 0.4) is 0 Å². The molecule has 6 aliphatic rings. The summed E-state index contributed by atoms with van der Waals surface area (Å²) in [5.41, 5.74) is 1.66. The fraction of sp³-hybridized carbons (Fsp3) is 0.769. The van der Waals surface area contributed by atoms with Crippen molar-refractivity contribution in [3.8, 4) is 0 Å². The molecule has 1 spiro atoms. The van der Waals surface area contributed by atoms with Crippen LogP contribution in [0.15, 0.2) is 23.0 Å². The number of likely N-dealkylation sites (tertiary alicyclic amines) is 1. The number of ether oxygens (including phenoxy) is 2. The number of epoxide rings is 1. The molecule has 172 valence electrons. The highest BCUT2D eigenvalue weighted by atomic mass is 16.6. The maximum Gasteiger partial charge on any atom is 0.310 e. The molecule has 2 saturated carbocycles. The van der Waals surface area contributed by atoms with Gasteiger partial charge in [0, 0.05) is 49.8 Å². The normalized spacial score (nSPS) is 46.8. The molecule has 7 rings (SSSR count). The standard InChI is InChI=1S/C26H34N2O4/c1-25-6-3-7-26(15-31-26)22(25)9-18-19(24(30)32-21(18)10-25)14-27-11-16-8-17(13-27)20-4-2-5-23(29)28(20)12-16/h2,4-5,16-19,21-22H,3,6-15H2,1H3/t16-,17-,18+,19?,21+,22?,25+,26?/m0/s1. The zero-order valence-corrected chi connectivity index (χ0v) is 19.0. The van der Waals surface area contributed by atoms with E-state index in [0.717, 1.165) is 52.0 Å². The largest absolute Gasteiger partial charge is 0.462 e. The van der Waals surface area contributed by atoms with Gasteiger partial charge in [-0.15, -0.1) is 0 Å². The van der Waals surface area contributed by atoms with Crippen LogP contribution in [0.1, 0.15) is 57.1 Å². The fourth-order valence-electron chi connectivity index (χ4n) is 8.59. The second-order valence-electron chi connectivity index (χ2n) is 12.0. The Balaban J connectivity index is 1.11. The smallest absolute Gasteiger partial charge is 0.310 e. The van der Waals surface area contributed by atoms with Crippen molar-refractivity contribution in [2.45, 2.75) is 69.6 Å². The first-order valence-electron chi connectivity index (χ1n) is 12.7. The van der Waals surface area contributed by atoms with Crippen LogP contribution in [0, 0.1) is 29.1 Å². The molecule has 0 amide bonds. The van der Waals surface area contributed by atoms with Crippen LogP contribution >= 0.6 is 0 Å². The number of carbonyl (C=O) groups excluding carboxylic acids is 1. The van der Waals surface area contributed by atoms with E-state index in [1.807, 2.05) is 10.6 Å². The van der Waals surface area contributed by atoms with Crippen LogP contribution in [0.25, 0.3) is 0 Å². The molecule has 1 aromatic rings. The van der Waals surface area contributed by atoms with Crippen molar-refractivity contribution in [3.63, 3.8) is 0 Å². The Hall–Kier alpha value is -1.66. The summed E-state index contributed by atoms with van der Waals surface area (Å²) in [6.07, 6.45) is 7.00. The van der Waals surface area contributed by atoms with Gasteiger partial charge >= 0.3 is 5.97 Å². The van der Waals surface area contributed by atoms with E-state index >= 15 is 0 Å². The number of piperidine rings is 1. The van der Waals surface area contributed by atoms with Gasteiger partial charge < -0.3 is 18.9 Å². The first-order valence-corrected chi connectivity index (χ1v) is 12.7. The quantitative estimate of drug-likeness (QED) is 0.525. The van der Waals surface area contributed by atoms with E-state index in [0.29, 0.717) is 23.7 Å². The maximum absolute atomic E-state index is 13.1. The number of esters is 1. The zero-order valence-electron chi connectivity index (χ0n) is 19.0. The first-order chi connectivity index (χ1) is 15.4. The molecule has 1 aromatic heterocycles. The number of rotatable bonds is 2. The molecule has 5 heterocycles. The van der Waals surface area contributed by atoms with Gasteiger partial charge in [-0.25, -0.2) is 0 Å². The molecule has 2 aliphatic carbocycles. The second-order valence-corrected chi connectivity index (χ2v) is 12.0. The Labute approximate surface area is 189 Å². The van der Waals surface area contributed by atoms with Gasteiger partial charge in [0.25, 0.3) is 5.56 Å². The first kappa shape index (κ1) is 19.8. The summed E-state index contributed by atoms with van der Waals surface area (Å²) in [5.74, 6) is 1.80. The van der Waals surface area contributed by atoms with Crippen LogP contribution in [0.5, 0.6) is 0 Å². The lowest BCUT2D eigenvalue weighted by atomic mass is 9.53. The monoisotopic (exact) mass is 438 g/mol. The Morgan fingerprint density at radius 2 is 2.00 bits per heavy atom. The highest BCUT2D eigenvalue weighted by Gasteiger charge is 2.65. The molecule has 4 aliphatic heterocycles. The number of fused-ring (bicyclic) bond motifs is 7. The fourth-order valence-corrected chi connectivity index (χ4v) is 8.59. The summed E-state index contributed by atoms with van der Waals surface area (Å²) >= 11 is 0. The third kappa shape index (κ3) is 2.84. The minimum absolute atomic E-state index is 0.0148. The molecule has 2 bridgehead atoms. The lowest BCUT2D eigenvalue weighted by Crippen LogP contribution is -2.52. The van der Waals surface area contributed by atoms with Gasteiger partial charge in [-0.3, -0.25) is 9.59 Å². The van der Waals surface area contributed by atoms with E-state index < -0.39 is 0 Å². The third-order valence-electron chi connectivity index (χ3n) is 10.1. The van der Waals surface area contributed by atoms with Crippen molar-refractivity contribution >= 4 is 5.97 Å². The number of aromatic nitrogens is 1. The van der Waals surface area contributed by atoms with Crippen molar-refractivity contribution in [2.24, 2.45) is 29.1 Å². The Bertz CT molecular complexity index is 1020. The molecule has 3 unspecified atom stereocenters. The lowest BCUT2D eigenvalue weighted by molar-refractivity contribution is -0.147. The van der Waals surface area contributed by atoms with Gasteiger partial charge in [-0.2, -0.15) is 0 Å². The summed E-state index contributed by atoms with van der Waals surface area (Å²) in [4.78, 5) is 27.9. The van der Waals surface area contributed by atoms with E-state index in [1.54, 1.807) is 6.07 Å². The van der Waals surface area contributed by atoms with E-state index in [1.165, 1.54) is 25.0 Å². The Morgan fingerprint density at radius 3 is 2.84 bits per heavy atom. The molecule has 0 aromatic carbocycles. The van der Waals surface area contributed by atoms with Crippen LogP contribution in [-0.4, -0.2) is 53.4 Å². The Kier molecular flexibility index (Phi) is 4.14. The summed E-state index contributed by atoms with van der Waals surface area (Å²) in [6, 6.07) is 5.69. The van der Waals surface area contributed by atoms with Crippen molar-refractivity contribution in [2.75, 3.05) is 26.2 Å². The van der Waals surface area contributed by atoms with Gasteiger partial charge in [0.2, 0.25) is 0 Å². The molecule has 8 atom stereocenters. The summed E-state index contributed by atoms with van der Waals surface area (Å²) in [6.45, 7) is 6.87. The van der Waals surface area contributed by atoms with Crippen LogP contribution in [0.2, 0.25) is 0 Å². The average Bonchev–Trinajstić information content (AvgIpc) is 3.46. The number of carbonyl (C=O) groups is 1.